The zero-order chi connectivity index (χ0) is 16.2. The maximum atomic E-state index is 12.2. The predicted molar refractivity (Wildman–Crippen MR) is 78.8 cm³/mol. The van der Waals surface area contributed by atoms with E-state index in [2.05, 4.69) is 0 Å². The molecule has 1 saturated heterocycles. The van der Waals surface area contributed by atoms with Gasteiger partial charge in [0.15, 0.2) is 5.79 Å². The first-order chi connectivity index (χ1) is 10.4. The summed E-state index contributed by atoms with van der Waals surface area (Å²) in [5.74, 6) is -0.725. The van der Waals surface area contributed by atoms with Gasteiger partial charge in [-0.25, -0.2) is 4.79 Å². The molecule has 5 heteroatoms. The predicted octanol–water partition coefficient (Wildman–Crippen LogP) is 2.80. The minimum atomic E-state index is -0.888. The van der Waals surface area contributed by atoms with Crippen molar-refractivity contribution in [1.29, 1.82) is 0 Å². The van der Waals surface area contributed by atoms with E-state index in [4.69, 9.17) is 15.6 Å². The van der Waals surface area contributed by atoms with E-state index in [0.29, 0.717) is 6.54 Å². The maximum absolute atomic E-state index is 12.2. The number of nitrogens with zero attached hydrogens (tertiary/aromatic N) is 1. The van der Waals surface area contributed by atoms with Gasteiger partial charge in [-0.05, 0) is 26.3 Å². The highest BCUT2D eigenvalue weighted by Crippen LogP contribution is 2.23. The van der Waals surface area contributed by atoms with Crippen LogP contribution in [0.5, 0.6) is 0 Å². The molecule has 2 atom stereocenters. The highest BCUT2D eigenvalue weighted by atomic mass is 16.7. The normalized spacial score (nSPS) is 22.4. The zero-order valence-corrected chi connectivity index (χ0v) is 12.7. The number of amides is 1. The van der Waals surface area contributed by atoms with Gasteiger partial charge in [0.25, 0.3) is 0 Å². The Morgan fingerprint density at radius 1 is 1.48 bits per heavy atom. The Balaban J connectivity index is 2.11. The van der Waals surface area contributed by atoms with E-state index in [0.717, 1.165) is 5.56 Å². The van der Waals surface area contributed by atoms with Crippen molar-refractivity contribution in [3.63, 3.8) is 0 Å². The summed E-state index contributed by atoms with van der Waals surface area (Å²) < 4.78 is 24.7. The summed E-state index contributed by atoms with van der Waals surface area (Å²) in [5, 5.41) is 0. The average Bonchev–Trinajstić information content (AvgIpc) is 2.85. The highest BCUT2D eigenvalue weighted by molar-refractivity contribution is 5.67. The summed E-state index contributed by atoms with van der Waals surface area (Å²) in [7, 11) is 0. The van der Waals surface area contributed by atoms with Gasteiger partial charge in [-0.3, -0.25) is 0 Å². The minimum absolute atomic E-state index is 0.268. The van der Waals surface area contributed by atoms with E-state index in [1.54, 1.807) is 20.8 Å². The quantitative estimate of drug-likeness (QED) is 0.838. The number of rotatable bonds is 5. The van der Waals surface area contributed by atoms with Crippen molar-refractivity contribution in [1.82, 2.24) is 4.90 Å². The van der Waals surface area contributed by atoms with Crippen LogP contribution in [0, 0.1) is 0 Å². The van der Waals surface area contributed by atoms with E-state index in [9.17, 15) is 4.79 Å². The molecular weight excluding hydrogens is 270 g/mol. The third kappa shape index (κ3) is 4.72. The van der Waals surface area contributed by atoms with Crippen molar-refractivity contribution in [2.24, 2.45) is 0 Å². The molecule has 0 N–H and O–H groups in total. The lowest BCUT2D eigenvalue weighted by molar-refractivity contribution is -0.140. The molecule has 0 unspecified atom stereocenters. The summed E-state index contributed by atoms with van der Waals surface area (Å²) >= 11 is 0. The van der Waals surface area contributed by atoms with Gasteiger partial charge in [0.2, 0.25) is 0 Å². The Kier molecular flexibility index (Phi) is 4.72. The zero-order valence-electron chi connectivity index (χ0n) is 13.7. The molecule has 0 saturated carbocycles. The Hall–Kier alpha value is -1.59. The van der Waals surface area contributed by atoms with Gasteiger partial charge in [-0.2, -0.15) is 0 Å². The van der Waals surface area contributed by atoms with Crippen LogP contribution >= 0.6 is 0 Å². The van der Waals surface area contributed by atoms with Gasteiger partial charge in [0.1, 0.15) is 6.10 Å². The first-order valence-corrected chi connectivity index (χ1v) is 7.14. The molecule has 1 heterocycles. The van der Waals surface area contributed by atoms with Crippen LogP contribution < -0.4 is 0 Å². The first kappa shape index (κ1) is 14.4. The van der Waals surface area contributed by atoms with Crippen LogP contribution in [0.4, 0.5) is 4.79 Å². The van der Waals surface area contributed by atoms with Crippen molar-refractivity contribution in [2.45, 2.75) is 39.2 Å². The smallest absolute Gasteiger partial charge is 0.410 e. The molecule has 1 aliphatic rings. The summed E-state index contributed by atoms with van der Waals surface area (Å²) in [4.78, 5) is 13.6. The molecule has 1 aromatic rings. The summed E-state index contributed by atoms with van der Waals surface area (Å²) in [6.45, 7) is 5.30. The molecule has 0 bridgehead atoms. The van der Waals surface area contributed by atoms with Crippen molar-refractivity contribution < 1.29 is 20.4 Å². The summed E-state index contributed by atoms with van der Waals surface area (Å²) in [5.41, 5.74) is 0.936. The second kappa shape index (κ2) is 6.91. The van der Waals surface area contributed by atoms with Crippen LogP contribution in [0.3, 0.4) is 0 Å². The van der Waals surface area contributed by atoms with Gasteiger partial charge >= 0.3 is 6.09 Å². The third-order valence-corrected chi connectivity index (χ3v) is 3.07. The minimum Gasteiger partial charge on any atom is -0.450 e. The second-order valence-corrected chi connectivity index (χ2v) is 5.33. The molecule has 0 spiro atoms. The standard InChI is InChI=1S/C16H23NO4/c1-4-19-15(18)17(10-13-8-6-5-7-9-13)11-14-12-20-16(2,3)21-14/h5-9,14H,4,10-12H2,1-3H3/t14-/m0/s1/i11D/t11-,14-. The molecule has 1 aliphatic heterocycles. The molecule has 5 nitrogen and oxygen atoms in total. The van der Waals surface area contributed by atoms with Gasteiger partial charge in [-0.1, -0.05) is 30.3 Å². The number of ether oxygens (including phenoxy) is 3. The number of hydrogen-bond acceptors (Lipinski definition) is 4. The fourth-order valence-corrected chi connectivity index (χ4v) is 2.15. The van der Waals surface area contributed by atoms with Crippen LogP contribution in [0.15, 0.2) is 30.3 Å². The highest BCUT2D eigenvalue weighted by Gasteiger charge is 2.34. The molecule has 0 radical (unpaired) electrons. The number of benzene rings is 1. The second-order valence-electron chi connectivity index (χ2n) is 5.33. The Labute approximate surface area is 127 Å². The SMILES string of the molecule is [2H][C@@H]([C@H]1COC(C)(C)O1)N(Cc1ccccc1)C(=O)OCC. The third-order valence-electron chi connectivity index (χ3n) is 3.07. The van der Waals surface area contributed by atoms with Crippen molar-refractivity contribution in [2.75, 3.05) is 19.7 Å². The molecule has 116 valence electrons. The van der Waals surface area contributed by atoms with E-state index in [1.807, 2.05) is 30.3 Å². The van der Waals surface area contributed by atoms with Crippen molar-refractivity contribution >= 4 is 6.09 Å². The molecule has 21 heavy (non-hydrogen) atoms. The molecule has 1 fully saturated rings. The van der Waals surface area contributed by atoms with Gasteiger partial charge in [0, 0.05) is 6.54 Å². The van der Waals surface area contributed by atoms with E-state index < -0.39 is 24.5 Å². The Morgan fingerprint density at radius 3 is 2.76 bits per heavy atom. The van der Waals surface area contributed by atoms with Crippen molar-refractivity contribution in [3.8, 4) is 0 Å². The molecule has 2 rings (SSSR count). The molecule has 1 amide bonds. The average molecular weight is 294 g/mol. The number of carbonyl (C=O) groups excluding carboxylic acids is 1. The summed E-state index contributed by atoms with van der Waals surface area (Å²) in [6.07, 6.45) is -1.01. The van der Waals surface area contributed by atoms with Crippen molar-refractivity contribution in [3.05, 3.63) is 35.9 Å². The lowest BCUT2D eigenvalue weighted by Crippen LogP contribution is -2.39. The number of hydrogen-bond donors (Lipinski definition) is 0. The van der Waals surface area contributed by atoms with Crippen LogP contribution in [-0.2, 0) is 20.8 Å². The van der Waals surface area contributed by atoms with Crippen LogP contribution in [0.25, 0.3) is 0 Å². The lowest BCUT2D eigenvalue weighted by atomic mass is 10.2. The first-order valence-electron chi connectivity index (χ1n) is 7.72. The Bertz CT molecular complexity index is 494. The maximum Gasteiger partial charge on any atom is 0.410 e. The largest absolute Gasteiger partial charge is 0.450 e. The van der Waals surface area contributed by atoms with Crippen LogP contribution in [0.1, 0.15) is 27.7 Å². The van der Waals surface area contributed by atoms with E-state index in [-0.39, 0.29) is 13.2 Å². The van der Waals surface area contributed by atoms with Crippen LogP contribution in [0.2, 0.25) is 0 Å². The number of carbonyl (C=O) groups is 1. The summed E-state index contributed by atoms with van der Waals surface area (Å²) in [6, 6.07) is 9.53. The molecule has 0 aromatic heterocycles. The molecule has 1 aromatic carbocycles. The van der Waals surface area contributed by atoms with Gasteiger partial charge < -0.3 is 19.1 Å². The van der Waals surface area contributed by atoms with E-state index >= 15 is 0 Å². The fourth-order valence-electron chi connectivity index (χ4n) is 2.15. The Morgan fingerprint density at radius 2 is 2.19 bits per heavy atom. The van der Waals surface area contributed by atoms with Gasteiger partial charge in [0.05, 0.1) is 21.1 Å². The fraction of sp³-hybridized carbons (Fsp3) is 0.562. The lowest BCUT2D eigenvalue weighted by Gasteiger charge is -2.25. The van der Waals surface area contributed by atoms with Gasteiger partial charge in [-0.15, -0.1) is 0 Å². The molecule has 0 aliphatic carbocycles. The topological polar surface area (TPSA) is 48.0 Å². The van der Waals surface area contributed by atoms with Crippen LogP contribution in [-0.4, -0.2) is 42.6 Å². The monoisotopic (exact) mass is 294 g/mol. The van der Waals surface area contributed by atoms with E-state index in [1.165, 1.54) is 4.90 Å². The molecular formula is C16H23NO4.